The summed E-state index contributed by atoms with van der Waals surface area (Å²) >= 11 is 0. The van der Waals surface area contributed by atoms with Gasteiger partial charge in [-0.3, -0.25) is 4.79 Å². The second-order valence-corrected chi connectivity index (χ2v) is 5.63. The van der Waals surface area contributed by atoms with Crippen molar-refractivity contribution in [3.63, 3.8) is 0 Å². The Kier molecular flexibility index (Phi) is 4.27. The Hall–Kier alpha value is -1.32. The van der Waals surface area contributed by atoms with Gasteiger partial charge in [-0.2, -0.15) is 0 Å². The van der Waals surface area contributed by atoms with E-state index in [0.29, 0.717) is 24.5 Å². The fraction of sp³-hybridized carbons (Fsp3) is 0.733. The number of ether oxygens (including phenoxy) is 1. The third-order valence-corrected chi connectivity index (χ3v) is 4.02. The molecule has 0 aromatic carbocycles. The first-order chi connectivity index (χ1) is 9.06. The van der Waals surface area contributed by atoms with Crippen molar-refractivity contribution >= 4 is 11.8 Å². The van der Waals surface area contributed by atoms with Crippen LogP contribution in [0.1, 0.15) is 46.5 Å². The normalized spacial score (nSPS) is 23.7. The fourth-order valence-corrected chi connectivity index (χ4v) is 3.08. The maximum Gasteiger partial charge on any atom is 0.343 e. The molecule has 0 unspecified atom stereocenters. The van der Waals surface area contributed by atoms with Crippen molar-refractivity contribution in [1.29, 1.82) is 0 Å². The molecule has 0 radical (unpaired) electrons. The number of allylic oxidation sites excluding steroid dienone is 1. The molecule has 0 aromatic rings. The number of ketones is 1. The molecule has 0 aromatic heterocycles. The van der Waals surface area contributed by atoms with Gasteiger partial charge < -0.3 is 9.64 Å². The number of rotatable bonds is 3. The maximum absolute atomic E-state index is 12.3. The number of Topliss-reactive ketones (excluding diaryl/α,β-unsaturated/α-hetero) is 1. The second-order valence-electron chi connectivity index (χ2n) is 5.63. The van der Waals surface area contributed by atoms with E-state index < -0.39 is 5.97 Å². The van der Waals surface area contributed by atoms with E-state index in [2.05, 4.69) is 18.7 Å². The molecule has 1 saturated heterocycles. The molecule has 4 heteroatoms. The van der Waals surface area contributed by atoms with E-state index in [4.69, 9.17) is 4.74 Å². The van der Waals surface area contributed by atoms with Gasteiger partial charge in [0.25, 0.3) is 0 Å². The Morgan fingerprint density at radius 2 is 2.16 bits per heavy atom. The van der Waals surface area contributed by atoms with Gasteiger partial charge in [-0.1, -0.05) is 13.8 Å². The van der Waals surface area contributed by atoms with Crippen LogP contribution in [0.15, 0.2) is 11.3 Å². The Morgan fingerprint density at radius 1 is 1.42 bits per heavy atom. The monoisotopic (exact) mass is 265 g/mol. The van der Waals surface area contributed by atoms with Gasteiger partial charge >= 0.3 is 5.97 Å². The highest BCUT2D eigenvalue weighted by molar-refractivity contribution is 6.18. The molecule has 2 rings (SSSR count). The van der Waals surface area contributed by atoms with E-state index in [1.165, 1.54) is 0 Å². The third-order valence-electron chi connectivity index (χ3n) is 4.02. The molecular weight excluding hydrogens is 242 g/mol. The van der Waals surface area contributed by atoms with Gasteiger partial charge in [-0.25, -0.2) is 4.79 Å². The van der Waals surface area contributed by atoms with Gasteiger partial charge in [0.15, 0.2) is 5.78 Å². The summed E-state index contributed by atoms with van der Waals surface area (Å²) in [5, 5.41) is 0. The lowest BCUT2D eigenvalue weighted by Gasteiger charge is -2.44. The molecule has 2 aliphatic rings. The van der Waals surface area contributed by atoms with Crippen molar-refractivity contribution in [1.82, 2.24) is 4.90 Å². The second kappa shape index (κ2) is 5.76. The highest BCUT2D eigenvalue weighted by Gasteiger charge is 2.39. The molecular formula is C15H23NO3. The molecule has 4 nitrogen and oxygen atoms in total. The summed E-state index contributed by atoms with van der Waals surface area (Å²) < 4.78 is 5.05. The average Bonchev–Trinajstić information content (AvgIpc) is 2.37. The summed E-state index contributed by atoms with van der Waals surface area (Å²) in [6.45, 7) is 7.32. The van der Waals surface area contributed by atoms with Crippen molar-refractivity contribution in [2.45, 2.75) is 52.5 Å². The molecule has 0 amide bonds. The van der Waals surface area contributed by atoms with Crippen molar-refractivity contribution in [3.8, 4) is 0 Å². The molecule has 0 spiro atoms. The number of carbonyl (C=O) groups is 2. The van der Waals surface area contributed by atoms with Crippen LogP contribution in [-0.2, 0) is 14.3 Å². The van der Waals surface area contributed by atoms with E-state index in [0.717, 1.165) is 31.5 Å². The molecule has 0 bridgehead atoms. The number of hydrogen-bond acceptors (Lipinski definition) is 4. The SMILES string of the molecule is CCOC(=O)C1=C2CCCCN2[C@@H](C(C)C)CC1=O. The van der Waals surface area contributed by atoms with Crippen LogP contribution in [0.5, 0.6) is 0 Å². The molecule has 0 saturated carbocycles. The summed E-state index contributed by atoms with van der Waals surface area (Å²) in [4.78, 5) is 26.6. The summed E-state index contributed by atoms with van der Waals surface area (Å²) in [6, 6.07) is 0.237. The maximum atomic E-state index is 12.3. The number of piperidine rings is 1. The minimum absolute atomic E-state index is 0.0368. The first-order valence-corrected chi connectivity index (χ1v) is 7.26. The molecule has 0 aliphatic carbocycles. The summed E-state index contributed by atoms with van der Waals surface area (Å²) in [7, 11) is 0. The smallest absolute Gasteiger partial charge is 0.343 e. The largest absolute Gasteiger partial charge is 0.462 e. The summed E-state index contributed by atoms with van der Waals surface area (Å²) in [5.41, 5.74) is 1.25. The first-order valence-electron chi connectivity index (χ1n) is 7.26. The third kappa shape index (κ3) is 2.67. The molecule has 106 valence electrons. The van der Waals surface area contributed by atoms with Crippen molar-refractivity contribution in [2.75, 3.05) is 13.2 Å². The van der Waals surface area contributed by atoms with Gasteiger partial charge in [0.2, 0.25) is 0 Å². The zero-order valence-electron chi connectivity index (χ0n) is 12.1. The van der Waals surface area contributed by atoms with Gasteiger partial charge in [-0.05, 0) is 32.1 Å². The Balaban J connectivity index is 2.37. The topological polar surface area (TPSA) is 46.6 Å². The molecule has 19 heavy (non-hydrogen) atoms. The number of esters is 1. The Bertz CT molecular complexity index is 412. The predicted molar refractivity (Wildman–Crippen MR) is 72.5 cm³/mol. The van der Waals surface area contributed by atoms with Crippen molar-refractivity contribution in [2.24, 2.45) is 5.92 Å². The fourth-order valence-electron chi connectivity index (χ4n) is 3.08. The molecule has 2 aliphatic heterocycles. The van der Waals surface area contributed by atoms with E-state index in [1.54, 1.807) is 6.92 Å². The first kappa shape index (κ1) is 14.1. The van der Waals surface area contributed by atoms with E-state index in [1.807, 2.05) is 0 Å². The van der Waals surface area contributed by atoms with E-state index >= 15 is 0 Å². The lowest BCUT2D eigenvalue weighted by molar-refractivity contribution is -0.141. The van der Waals surface area contributed by atoms with Crippen LogP contribution < -0.4 is 0 Å². The van der Waals surface area contributed by atoms with Crippen molar-refractivity contribution in [3.05, 3.63) is 11.3 Å². The highest BCUT2D eigenvalue weighted by Crippen LogP contribution is 2.35. The van der Waals surface area contributed by atoms with Crippen LogP contribution in [0.25, 0.3) is 0 Å². The summed E-state index contributed by atoms with van der Waals surface area (Å²) in [6.07, 6.45) is 3.45. The predicted octanol–water partition coefficient (Wildman–Crippen LogP) is 2.29. The van der Waals surface area contributed by atoms with Crippen LogP contribution in [0.2, 0.25) is 0 Å². The molecule has 0 N–H and O–H groups in total. The minimum Gasteiger partial charge on any atom is -0.462 e. The number of fused-ring (bicyclic) bond motifs is 1. The average molecular weight is 265 g/mol. The van der Waals surface area contributed by atoms with Gasteiger partial charge in [0, 0.05) is 24.7 Å². The minimum atomic E-state index is -0.434. The molecule has 1 atom stereocenters. The van der Waals surface area contributed by atoms with Gasteiger partial charge in [-0.15, -0.1) is 0 Å². The number of nitrogens with zero attached hydrogens (tertiary/aromatic N) is 1. The van der Waals surface area contributed by atoms with Crippen molar-refractivity contribution < 1.29 is 14.3 Å². The summed E-state index contributed by atoms with van der Waals surface area (Å²) in [5.74, 6) is -0.0531. The zero-order valence-corrected chi connectivity index (χ0v) is 12.1. The van der Waals surface area contributed by atoms with Crippen LogP contribution in [0, 0.1) is 5.92 Å². The van der Waals surface area contributed by atoms with E-state index in [-0.39, 0.29) is 11.8 Å². The quantitative estimate of drug-likeness (QED) is 0.580. The zero-order chi connectivity index (χ0) is 14.0. The molecule has 1 fully saturated rings. The van der Waals surface area contributed by atoms with E-state index in [9.17, 15) is 9.59 Å². The molecule has 2 heterocycles. The van der Waals surface area contributed by atoms with Gasteiger partial charge in [0.05, 0.1) is 6.61 Å². The standard InChI is InChI=1S/C15H23NO3/c1-4-19-15(18)14-11-7-5-6-8-16(11)12(10(2)3)9-13(14)17/h10,12H,4-9H2,1-3H3/t12-/m1/s1. The number of hydrogen-bond donors (Lipinski definition) is 0. The van der Waals surface area contributed by atoms with Crippen LogP contribution in [-0.4, -0.2) is 35.8 Å². The lowest BCUT2D eigenvalue weighted by Crippen LogP contribution is -2.47. The van der Waals surface area contributed by atoms with Crippen LogP contribution >= 0.6 is 0 Å². The van der Waals surface area contributed by atoms with Gasteiger partial charge in [0.1, 0.15) is 5.57 Å². The van der Waals surface area contributed by atoms with Crippen LogP contribution in [0.4, 0.5) is 0 Å². The lowest BCUT2D eigenvalue weighted by atomic mass is 9.85. The number of carbonyl (C=O) groups excluding carboxylic acids is 2. The Morgan fingerprint density at radius 3 is 2.79 bits per heavy atom. The Labute approximate surface area is 114 Å². The van der Waals surface area contributed by atoms with Crippen LogP contribution in [0.3, 0.4) is 0 Å². The highest BCUT2D eigenvalue weighted by atomic mass is 16.5.